The lowest BCUT2D eigenvalue weighted by Gasteiger charge is -2.11. The lowest BCUT2D eigenvalue weighted by Crippen LogP contribution is -2.20. The third-order valence-electron chi connectivity index (χ3n) is 5.35. The van der Waals surface area contributed by atoms with Gasteiger partial charge in [0.2, 0.25) is 5.89 Å². The quantitative estimate of drug-likeness (QED) is 0.289. The van der Waals surface area contributed by atoms with Crippen LogP contribution in [-0.2, 0) is 0 Å². The molecule has 0 aliphatic heterocycles. The molecule has 142 valence electrons. The summed E-state index contributed by atoms with van der Waals surface area (Å²) < 4.78 is 8.99. The topological polar surface area (TPSA) is 53.9 Å². The molecule has 2 heterocycles. The van der Waals surface area contributed by atoms with Gasteiger partial charge in [0.05, 0.1) is 4.43 Å². The molecule has 2 aromatic heterocycles. The molecule has 5 heteroatoms. The van der Waals surface area contributed by atoms with Crippen LogP contribution >= 0.6 is 0 Å². The zero-order valence-corrected chi connectivity index (χ0v) is 15.9. The number of hydrogen-bond acceptors (Lipinski definition) is 3. The fourth-order valence-electron chi connectivity index (χ4n) is 3.94. The molecule has 0 atom stereocenters. The van der Waals surface area contributed by atoms with Crippen LogP contribution in [0.3, 0.4) is 0 Å². The lowest BCUT2D eigenvalue weighted by molar-refractivity contribution is -0.432. The predicted octanol–water partition coefficient (Wildman–Crippen LogP) is 5.51. The van der Waals surface area contributed by atoms with Gasteiger partial charge in [-0.25, -0.2) is 4.98 Å². The summed E-state index contributed by atoms with van der Waals surface area (Å²) in [6, 6.07) is 31.0. The van der Waals surface area contributed by atoms with Gasteiger partial charge < -0.3 is 4.42 Å². The number of fused-ring (bicyclic) bond motifs is 3. The summed E-state index contributed by atoms with van der Waals surface area (Å²) in [6.45, 7) is 0. The fourth-order valence-corrected chi connectivity index (χ4v) is 3.94. The Labute approximate surface area is 171 Å². The molecule has 0 radical (unpaired) electrons. The molecular formula is C25H16N3O2+. The maximum absolute atomic E-state index is 12.9. The molecule has 0 spiro atoms. The first-order chi connectivity index (χ1) is 14.8. The third kappa shape index (κ3) is 2.46. The summed E-state index contributed by atoms with van der Waals surface area (Å²) in [5.41, 5.74) is 6.42. The molecule has 30 heavy (non-hydrogen) atoms. The second kappa shape index (κ2) is 6.39. The van der Waals surface area contributed by atoms with Crippen LogP contribution in [0, 0.1) is 4.91 Å². The van der Waals surface area contributed by atoms with E-state index in [0.29, 0.717) is 16.9 Å². The molecule has 6 rings (SSSR count). The van der Waals surface area contributed by atoms with E-state index < -0.39 is 0 Å². The smallest absolute Gasteiger partial charge is 0.287 e. The molecule has 0 saturated carbocycles. The zero-order valence-electron chi connectivity index (χ0n) is 15.9. The maximum atomic E-state index is 12.9. The number of benzene rings is 4. The van der Waals surface area contributed by atoms with Crippen LogP contribution < -0.4 is 4.43 Å². The van der Waals surface area contributed by atoms with Gasteiger partial charge in [0.15, 0.2) is 5.58 Å². The number of oxazole rings is 1. The van der Waals surface area contributed by atoms with Gasteiger partial charge in [-0.15, -0.1) is 0 Å². The summed E-state index contributed by atoms with van der Waals surface area (Å²) >= 11 is 0. The zero-order chi connectivity index (χ0) is 20.1. The van der Waals surface area contributed by atoms with Gasteiger partial charge in [0.1, 0.15) is 16.6 Å². The summed E-state index contributed by atoms with van der Waals surface area (Å²) in [5.74, 6) is 0.591. The van der Waals surface area contributed by atoms with E-state index in [1.165, 1.54) is 0 Å². The van der Waals surface area contributed by atoms with E-state index in [2.05, 4.69) is 9.55 Å². The molecule has 4 aromatic carbocycles. The normalized spacial score (nSPS) is 11.5. The van der Waals surface area contributed by atoms with Crippen LogP contribution in [0.15, 0.2) is 101 Å². The Morgan fingerprint density at radius 1 is 0.700 bits per heavy atom. The van der Waals surface area contributed by atoms with Gasteiger partial charge in [0, 0.05) is 28.3 Å². The van der Waals surface area contributed by atoms with E-state index in [4.69, 9.17) is 4.42 Å². The molecule has 0 N–H and O–H groups in total. The Bertz CT molecular complexity index is 1520. The van der Waals surface area contributed by atoms with Crippen LogP contribution in [-0.4, -0.2) is 9.55 Å². The number of nitrogens with zero attached hydrogens (tertiary/aromatic N) is 3. The average molecular weight is 390 g/mol. The second-order valence-corrected chi connectivity index (χ2v) is 7.14. The highest BCUT2D eigenvalue weighted by atomic mass is 16.3. The predicted molar refractivity (Wildman–Crippen MR) is 117 cm³/mol. The number of para-hydroxylation sites is 6. The molecule has 0 unspecified atom stereocenters. The van der Waals surface area contributed by atoms with Crippen LogP contribution in [0.2, 0.25) is 0 Å². The van der Waals surface area contributed by atoms with Crippen molar-refractivity contribution in [2.75, 3.05) is 0 Å². The van der Waals surface area contributed by atoms with Crippen molar-refractivity contribution < 1.29 is 8.84 Å². The van der Waals surface area contributed by atoms with Gasteiger partial charge in [0.25, 0.3) is 11.0 Å². The SMILES string of the molecule is O=[n+]1c2ccccc2n(-c2ccc(-c3nc4ccccc4o3)cc2)c2ccccc21. The largest absolute Gasteiger partial charge is 0.436 e. The van der Waals surface area contributed by atoms with Crippen LogP contribution in [0.5, 0.6) is 0 Å². The number of rotatable bonds is 2. The van der Waals surface area contributed by atoms with Gasteiger partial charge in [-0.1, -0.05) is 36.4 Å². The third-order valence-corrected chi connectivity index (χ3v) is 5.35. The molecule has 0 aliphatic rings. The Hall–Kier alpha value is -4.25. The molecule has 0 bridgehead atoms. The molecule has 5 nitrogen and oxygen atoms in total. The molecule has 0 saturated heterocycles. The van der Waals surface area contributed by atoms with Crippen LogP contribution in [0.4, 0.5) is 0 Å². The molecule has 6 aromatic rings. The van der Waals surface area contributed by atoms with Gasteiger partial charge in [-0.05, 0) is 48.5 Å². The van der Waals surface area contributed by atoms with Crippen molar-refractivity contribution in [3.63, 3.8) is 0 Å². The van der Waals surface area contributed by atoms with Crippen molar-refractivity contribution in [3.05, 3.63) is 102 Å². The first-order valence-corrected chi connectivity index (χ1v) is 9.71. The molecule has 0 fully saturated rings. The summed E-state index contributed by atoms with van der Waals surface area (Å²) in [6.07, 6.45) is 0. The highest BCUT2D eigenvalue weighted by molar-refractivity contribution is 5.85. The summed E-state index contributed by atoms with van der Waals surface area (Å²) in [4.78, 5) is 17.5. The standard InChI is InChI=1S/C25H16N3O2/c29-28-22-10-4-2-8-20(22)27(21-9-3-5-11-23(21)28)18-15-13-17(14-16-18)25-26-19-7-1-6-12-24(19)30-25/h1-16H/q+1. The van der Waals surface area contributed by atoms with Gasteiger partial charge in [-0.3, -0.25) is 4.57 Å². The molecular weight excluding hydrogens is 374 g/mol. The van der Waals surface area contributed by atoms with E-state index in [1.54, 1.807) is 0 Å². The van der Waals surface area contributed by atoms with Gasteiger partial charge >= 0.3 is 0 Å². The van der Waals surface area contributed by atoms with Crippen LogP contribution in [0.1, 0.15) is 0 Å². The molecule has 0 amide bonds. The second-order valence-electron chi connectivity index (χ2n) is 7.14. The van der Waals surface area contributed by atoms with Crippen molar-refractivity contribution in [1.29, 1.82) is 0 Å². The van der Waals surface area contributed by atoms with E-state index in [-0.39, 0.29) is 0 Å². The Morgan fingerprint density at radius 3 is 1.97 bits per heavy atom. The monoisotopic (exact) mass is 390 g/mol. The molecule has 0 aliphatic carbocycles. The first-order valence-electron chi connectivity index (χ1n) is 9.71. The van der Waals surface area contributed by atoms with E-state index in [1.807, 2.05) is 97.1 Å². The minimum absolute atomic E-state index is 0.591. The van der Waals surface area contributed by atoms with Crippen molar-refractivity contribution in [2.45, 2.75) is 0 Å². The van der Waals surface area contributed by atoms with E-state index in [9.17, 15) is 4.91 Å². The van der Waals surface area contributed by atoms with Crippen LogP contribution in [0.25, 0.3) is 50.3 Å². The fraction of sp³-hybridized carbons (Fsp3) is 0. The lowest BCUT2D eigenvalue weighted by atomic mass is 10.1. The van der Waals surface area contributed by atoms with Crippen molar-refractivity contribution >= 4 is 33.2 Å². The van der Waals surface area contributed by atoms with Crippen molar-refractivity contribution in [2.24, 2.45) is 0 Å². The Morgan fingerprint density at radius 2 is 1.30 bits per heavy atom. The minimum Gasteiger partial charge on any atom is -0.436 e. The highest BCUT2D eigenvalue weighted by Crippen LogP contribution is 2.27. The van der Waals surface area contributed by atoms with Gasteiger partial charge in [-0.2, -0.15) is 0 Å². The van der Waals surface area contributed by atoms with Crippen molar-refractivity contribution in [3.8, 4) is 17.1 Å². The summed E-state index contributed by atoms with van der Waals surface area (Å²) in [7, 11) is 0. The Kier molecular flexibility index (Phi) is 3.55. The average Bonchev–Trinajstić information content (AvgIpc) is 3.24. The van der Waals surface area contributed by atoms with E-state index in [0.717, 1.165) is 37.8 Å². The number of hydrogen-bond donors (Lipinski definition) is 0. The maximum Gasteiger partial charge on any atom is 0.287 e. The van der Waals surface area contributed by atoms with Crippen molar-refractivity contribution in [1.82, 2.24) is 9.55 Å². The summed E-state index contributed by atoms with van der Waals surface area (Å²) in [5, 5.41) is 0. The highest BCUT2D eigenvalue weighted by Gasteiger charge is 2.18. The number of aromatic nitrogens is 3. The Balaban J connectivity index is 1.57. The minimum atomic E-state index is 0.591. The first kappa shape index (κ1) is 16.7. The van der Waals surface area contributed by atoms with E-state index >= 15 is 0 Å².